The van der Waals surface area contributed by atoms with Gasteiger partial charge in [0.05, 0.1) is 0 Å². The Labute approximate surface area is 130 Å². The fourth-order valence-electron chi connectivity index (χ4n) is 3.19. The van der Waals surface area contributed by atoms with E-state index in [1.807, 2.05) is 0 Å². The molecule has 2 nitrogen and oxygen atoms in total. The van der Waals surface area contributed by atoms with Crippen LogP contribution in [0.4, 0.5) is 5.69 Å². The van der Waals surface area contributed by atoms with Crippen molar-refractivity contribution in [2.75, 3.05) is 24.5 Å². The summed E-state index contributed by atoms with van der Waals surface area (Å²) < 4.78 is 0. The molecule has 0 fully saturated rings. The van der Waals surface area contributed by atoms with Crippen LogP contribution in [0.3, 0.4) is 0 Å². The molecule has 1 aliphatic heterocycles. The van der Waals surface area contributed by atoms with Gasteiger partial charge in [-0.15, -0.1) is 0 Å². The van der Waals surface area contributed by atoms with Crippen LogP contribution in [-0.4, -0.2) is 25.2 Å². The van der Waals surface area contributed by atoms with Crippen LogP contribution in [-0.2, 0) is 6.42 Å². The predicted molar refractivity (Wildman–Crippen MR) is 93.1 cm³/mol. The number of para-hydroxylation sites is 1. The lowest BCUT2D eigenvalue weighted by Gasteiger charge is -2.35. The van der Waals surface area contributed by atoms with E-state index in [-0.39, 0.29) is 5.54 Å². The summed E-state index contributed by atoms with van der Waals surface area (Å²) in [7, 11) is 0. The largest absolute Gasteiger partial charge is 0.371 e. The minimum Gasteiger partial charge on any atom is -0.371 e. The first kappa shape index (κ1) is 16.4. The number of fused-ring (bicyclic) bond motifs is 1. The number of nitrogens with zero attached hydrogens (tertiary/aromatic N) is 1. The Morgan fingerprint density at radius 3 is 2.67 bits per heavy atom. The molecule has 1 aromatic carbocycles. The molecular weight excluding hydrogens is 256 g/mol. The van der Waals surface area contributed by atoms with Crippen LogP contribution in [0.1, 0.15) is 52.5 Å². The molecule has 1 aliphatic rings. The Hall–Kier alpha value is -1.02. The summed E-state index contributed by atoms with van der Waals surface area (Å²) in [5.41, 5.74) is 3.26. The van der Waals surface area contributed by atoms with Gasteiger partial charge in [-0.1, -0.05) is 31.5 Å². The van der Waals surface area contributed by atoms with E-state index in [4.69, 9.17) is 0 Å². The molecule has 0 spiro atoms. The summed E-state index contributed by atoms with van der Waals surface area (Å²) in [6, 6.07) is 8.94. The predicted octanol–water partition coefficient (Wildman–Crippen LogP) is 4.24. The lowest BCUT2D eigenvalue weighted by Crippen LogP contribution is -2.36. The maximum atomic E-state index is 3.57. The molecule has 118 valence electrons. The fourth-order valence-corrected chi connectivity index (χ4v) is 3.19. The quantitative estimate of drug-likeness (QED) is 0.788. The number of hydrogen-bond acceptors (Lipinski definition) is 2. The Kier molecular flexibility index (Phi) is 5.69. The van der Waals surface area contributed by atoms with E-state index in [1.165, 1.54) is 50.0 Å². The van der Waals surface area contributed by atoms with Gasteiger partial charge in [0, 0.05) is 24.3 Å². The van der Waals surface area contributed by atoms with E-state index in [9.17, 15) is 0 Å². The van der Waals surface area contributed by atoms with Crippen LogP contribution >= 0.6 is 0 Å². The number of anilines is 1. The lowest BCUT2D eigenvalue weighted by molar-refractivity contribution is 0.416. The first-order valence-corrected chi connectivity index (χ1v) is 8.53. The molecule has 1 aromatic rings. The van der Waals surface area contributed by atoms with Crippen molar-refractivity contribution in [2.24, 2.45) is 5.92 Å². The smallest absolute Gasteiger partial charge is 0.0398 e. The van der Waals surface area contributed by atoms with Crippen molar-refractivity contribution in [3.63, 3.8) is 0 Å². The molecule has 0 aliphatic carbocycles. The standard InChI is InChI=1S/C19H32N2/c1-16-14-17-10-6-7-11-18(17)21(15-16)13-9-5-8-12-20-19(2,3)4/h6-7,10-11,16,20H,5,8-9,12-15H2,1-4H3. The van der Waals surface area contributed by atoms with Crippen LogP contribution < -0.4 is 10.2 Å². The molecule has 2 rings (SSSR count). The van der Waals surface area contributed by atoms with E-state index in [0.717, 1.165) is 12.5 Å². The summed E-state index contributed by atoms with van der Waals surface area (Å²) in [5, 5.41) is 3.57. The molecular formula is C19H32N2. The van der Waals surface area contributed by atoms with Crippen molar-refractivity contribution in [3.8, 4) is 0 Å². The van der Waals surface area contributed by atoms with Crippen LogP contribution in [0.5, 0.6) is 0 Å². The topological polar surface area (TPSA) is 15.3 Å². The van der Waals surface area contributed by atoms with Gasteiger partial charge in [-0.05, 0) is 64.1 Å². The minimum atomic E-state index is 0.251. The van der Waals surface area contributed by atoms with E-state index in [1.54, 1.807) is 0 Å². The molecule has 0 radical (unpaired) electrons. The lowest BCUT2D eigenvalue weighted by atomic mass is 9.94. The summed E-state index contributed by atoms with van der Waals surface area (Å²) in [4.78, 5) is 2.60. The van der Waals surface area contributed by atoms with Crippen LogP contribution in [0.15, 0.2) is 24.3 Å². The Morgan fingerprint density at radius 1 is 1.14 bits per heavy atom. The van der Waals surface area contributed by atoms with Gasteiger partial charge in [0.1, 0.15) is 0 Å². The van der Waals surface area contributed by atoms with E-state index in [2.05, 4.69) is 62.2 Å². The minimum absolute atomic E-state index is 0.251. The third kappa shape index (κ3) is 5.35. The molecule has 21 heavy (non-hydrogen) atoms. The molecule has 1 heterocycles. The van der Waals surface area contributed by atoms with Crippen molar-refractivity contribution < 1.29 is 0 Å². The number of hydrogen-bond donors (Lipinski definition) is 1. The third-order valence-corrected chi connectivity index (χ3v) is 4.19. The zero-order valence-corrected chi connectivity index (χ0v) is 14.3. The van der Waals surface area contributed by atoms with Gasteiger partial charge in [0.15, 0.2) is 0 Å². The van der Waals surface area contributed by atoms with Crippen molar-refractivity contribution in [1.82, 2.24) is 5.32 Å². The SMILES string of the molecule is CC1Cc2ccccc2N(CCCCCNC(C)(C)C)C1. The number of rotatable bonds is 6. The van der Waals surface area contributed by atoms with Gasteiger partial charge in [-0.3, -0.25) is 0 Å². The van der Waals surface area contributed by atoms with Gasteiger partial charge < -0.3 is 10.2 Å². The summed E-state index contributed by atoms with van der Waals surface area (Å²) in [5.74, 6) is 0.780. The Bertz CT molecular complexity index is 433. The maximum absolute atomic E-state index is 3.57. The molecule has 0 aromatic heterocycles. The molecule has 0 bridgehead atoms. The highest BCUT2D eigenvalue weighted by Gasteiger charge is 2.20. The third-order valence-electron chi connectivity index (χ3n) is 4.19. The first-order chi connectivity index (χ1) is 9.96. The second-order valence-electron chi connectivity index (χ2n) is 7.62. The van der Waals surface area contributed by atoms with Crippen molar-refractivity contribution >= 4 is 5.69 Å². The van der Waals surface area contributed by atoms with Crippen molar-refractivity contribution in [3.05, 3.63) is 29.8 Å². The summed E-state index contributed by atoms with van der Waals surface area (Å²) in [6.45, 7) is 12.6. The normalized spacial score (nSPS) is 18.7. The molecule has 1 atom stereocenters. The summed E-state index contributed by atoms with van der Waals surface area (Å²) in [6.07, 6.45) is 5.13. The molecule has 0 saturated carbocycles. The zero-order valence-electron chi connectivity index (χ0n) is 14.3. The highest BCUT2D eigenvalue weighted by atomic mass is 15.1. The van der Waals surface area contributed by atoms with Gasteiger partial charge >= 0.3 is 0 Å². The Morgan fingerprint density at radius 2 is 1.90 bits per heavy atom. The average molecular weight is 288 g/mol. The highest BCUT2D eigenvalue weighted by Crippen LogP contribution is 2.29. The van der Waals surface area contributed by atoms with E-state index in [0.29, 0.717) is 0 Å². The Balaban J connectivity index is 1.74. The van der Waals surface area contributed by atoms with Crippen molar-refractivity contribution in [2.45, 2.75) is 58.9 Å². The van der Waals surface area contributed by atoms with Gasteiger partial charge in [-0.25, -0.2) is 0 Å². The number of nitrogens with one attached hydrogen (secondary N) is 1. The van der Waals surface area contributed by atoms with Crippen molar-refractivity contribution in [1.29, 1.82) is 0 Å². The second-order valence-corrected chi connectivity index (χ2v) is 7.62. The van der Waals surface area contributed by atoms with Crippen LogP contribution in [0, 0.1) is 5.92 Å². The van der Waals surface area contributed by atoms with Gasteiger partial charge in [0.2, 0.25) is 0 Å². The van der Waals surface area contributed by atoms with Crippen LogP contribution in [0.25, 0.3) is 0 Å². The second kappa shape index (κ2) is 7.31. The molecule has 2 heteroatoms. The monoisotopic (exact) mass is 288 g/mol. The maximum Gasteiger partial charge on any atom is 0.0398 e. The van der Waals surface area contributed by atoms with Gasteiger partial charge in [-0.2, -0.15) is 0 Å². The van der Waals surface area contributed by atoms with E-state index < -0.39 is 0 Å². The molecule has 0 saturated heterocycles. The van der Waals surface area contributed by atoms with E-state index >= 15 is 0 Å². The first-order valence-electron chi connectivity index (χ1n) is 8.53. The average Bonchev–Trinajstić information content (AvgIpc) is 2.41. The summed E-state index contributed by atoms with van der Waals surface area (Å²) >= 11 is 0. The fraction of sp³-hybridized carbons (Fsp3) is 0.684. The zero-order chi connectivity index (χ0) is 15.3. The number of unbranched alkanes of at least 4 members (excludes halogenated alkanes) is 2. The van der Waals surface area contributed by atoms with Crippen LogP contribution in [0.2, 0.25) is 0 Å². The number of benzene rings is 1. The highest BCUT2D eigenvalue weighted by molar-refractivity contribution is 5.55. The molecule has 1 unspecified atom stereocenters. The molecule has 1 N–H and O–H groups in total. The van der Waals surface area contributed by atoms with Gasteiger partial charge in [0.25, 0.3) is 0 Å². The molecule has 0 amide bonds.